The van der Waals surface area contributed by atoms with Crippen LogP contribution in [0.2, 0.25) is 0 Å². The van der Waals surface area contributed by atoms with Crippen LogP contribution in [0, 0.1) is 0 Å². The van der Waals surface area contributed by atoms with Gasteiger partial charge in [0.05, 0.1) is 11.2 Å². The fourth-order valence-electron chi connectivity index (χ4n) is 1.65. The lowest BCUT2D eigenvalue weighted by atomic mass is 10.3. The molecule has 0 spiro atoms. The van der Waals surface area contributed by atoms with Crippen LogP contribution in [0.1, 0.15) is 22.4 Å². The number of amides is 1. The molecule has 96 valence electrons. The van der Waals surface area contributed by atoms with E-state index in [1.807, 2.05) is 19.1 Å². The van der Waals surface area contributed by atoms with Crippen molar-refractivity contribution in [3.63, 3.8) is 0 Å². The maximum Gasteiger partial charge on any atom is 0.285 e. The molecule has 0 aromatic carbocycles. The number of anilines is 1. The summed E-state index contributed by atoms with van der Waals surface area (Å²) in [5.74, 6) is -0.207. The summed E-state index contributed by atoms with van der Waals surface area (Å²) in [5.41, 5.74) is 3.38. The molecule has 0 unspecified atom stereocenters. The highest BCUT2D eigenvalue weighted by atomic mass is 32.1. The molecule has 0 saturated carbocycles. The molecule has 0 bridgehead atoms. The fraction of sp³-hybridized carbons (Fsp3) is 0.167. The molecule has 3 rings (SSSR count). The number of aryl methyl sites for hydroxylation is 1. The number of aromatic nitrogens is 3. The SMILES string of the molecule is CCc1ncsc1NC(=O)c1nc2cccnc2s1. The van der Waals surface area contributed by atoms with E-state index in [4.69, 9.17) is 0 Å². The van der Waals surface area contributed by atoms with Crippen molar-refractivity contribution in [2.45, 2.75) is 13.3 Å². The summed E-state index contributed by atoms with van der Waals surface area (Å²) in [6.45, 7) is 2.01. The molecule has 5 nitrogen and oxygen atoms in total. The molecule has 1 amide bonds. The van der Waals surface area contributed by atoms with E-state index < -0.39 is 0 Å². The van der Waals surface area contributed by atoms with E-state index in [0.717, 1.165) is 27.5 Å². The summed E-state index contributed by atoms with van der Waals surface area (Å²) in [4.78, 5) is 25.6. The van der Waals surface area contributed by atoms with Gasteiger partial charge in [0.1, 0.15) is 15.3 Å². The summed E-state index contributed by atoms with van der Waals surface area (Å²) in [6, 6.07) is 3.65. The van der Waals surface area contributed by atoms with Gasteiger partial charge in [-0.3, -0.25) is 4.79 Å². The van der Waals surface area contributed by atoms with E-state index in [1.54, 1.807) is 11.7 Å². The zero-order valence-electron chi connectivity index (χ0n) is 10.1. The lowest BCUT2D eigenvalue weighted by Crippen LogP contribution is -2.11. The first-order valence-corrected chi connectivity index (χ1v) is 7.43. The number of thiazole rings is 2. The molecular formula is C12H10N4OS2. The van der Waals surface area contributed by atoms with Crippen molar-refractivity contribution >= 4 is 43.9 Å². The Morgan fingerprint density at radius 2 is 2.32 bits per heavy atom. The second-order valence-electron chi connectivity index (χ2n) is 3.78. The minimum Gasteiger partial charge on any atom is -0.310 e. The average Bonchev–Trinajstić information content (AvgIpc) is 3.03. The highest BCUT2D eigenvalue weighted by molar-refractivity contribution is 7.20. The molecule has 3 aromatic heterocycles. The second-order valence-corrected chi connectivity index (χ2v) is 5.61. The van der Waals surface area contributed by atoms with E-state index in [9.17, 15) is 4.79 Å². The third-order valence-electron chi connectivity index (χ3n) is 2.56. The van der Waals surface area contributed by atoms with Gasteiger partial charge >= 0.3 is 0 Å². The molecule has 0 saturated heterocycles. The van der Waals surface area contributed by atoms with Gasteiger partial charge in [0, 0.05) is 6.20 Å². The molecule has 19 heavy (non-hydrogen) atoms. The Kier molecular flexibility index (Phi) is 3.22. The van der Waals surface area contributed by atoms with Crippen LogP contribution in [0.25, 0.3) is 10.3 Å². The number of hydrogen-bond donors (Lipinski definition) is 1. The largest absolute Gasteiger partial charge is 0.310 e. The zero-order chi connectivity index (χ0) is 13.2. The van der Waals surface area contributed by atoms with Gasteiger partial charge in [-0.2, -0.15) is 0 Å². The molecule has 0 radical (unpaired) electrons. The summed E-state index contributed by atoms with van der Waals surface area (Å²) in [7, 11) is 0. The summed E-state index contributed by atoms with van der Waals surface area (Å²) >= 11 is 2.71. The molecule has 3 aromatic rings. The Balaban J connectivity index is 1.87. The Labute approximate surface area is 117 Å². The minimum atomic E-state index is -0.207. The number of carbonyl (C=O) groups excluding carboxylic acids is 1. The van der Waals surface area contributed by atoms with Gasteiger partial charge in [0.2, 0.25) is 0 Å². The van der Waals surface area contributed by atoms with Gasteiger partial charge in [-0.15, -0.1) is 11.3 Å². The predicted molar refractivity (Wildman–Crippen MR) is 76.9 cm³/mol. The third kappa shape index (κ3) is 2.34. The average molecular weight is 290 g/mol. The van der Waals surface area contributed by atoms with Crippen LogP contribution in [0.5, 0.6) is 0 Å². The maximum atomic E-state index is 12.1. The Hall–Kier alpha value is -1.86. The molecule has 0 fully saturated rings. The number of hydrogen-bond acceptors (Lipinski definition) is 6. The normalized spacial score (nSPS) is 10.8. The van der Waals surface area contributed by atoms with Crippen molar-refractivity contribution in [3.8, 4) is 0 Å². The van der Waals surface area contributed by atoms with Crippen molar-refractivity contribution in [2.75, 3.05) is 5.32 Å². The zero-order valence-corrected chi connectivity index (χ0v) is 11.7. The number of nitrogens with zero attached hydrogens (tertiary/aromatic N) is 3. The van der Waals surface area contributed by atoms with Crippen LogP contribution in [0.4, 0.5) is 5.00 Å². The molecule has 0 aliphatic carbocycles. The summed E-state index contributed by atoms with van der Waals surface area (Å²) < 4.78 is 0. The van der Waals surface area contributed by atoms with E-state index in [2.05, 4.69) is 20.3 Å². The molecule has 1 N–H and O–H groups in total. The van der Waals surface area contributed by atoms with Crippen molar-refractivity contribution in [1.29, 1.82) is 0 Å². The summed E-state index contributed by atoms with van der Waals surface area (Å²) in [6.07, 6.45) is 2.49. The highest BCUT2D eigenvalue weighted by Gasteiger charge is 2.15. The Morgan fingerprint density at radius 1 is 1.42 bits per heavy atom. The quantitative estimate of drug-likeness (QED) is 0.805. The van der Waals surface area contributed by atoms with Crippen LogP contribution in [-0.4, -0.2) is 20.9 Å². The molecule has 7 heteroatoms. The number of fused-ring (bicyclic) bond motifs is 1. The van der Waals surface area contributed by atoms with Crippen LogP contribution in [0.3, 0.4) is 0 Å². The molecule has 0 aliphatic rings. The predicted octanol–water partition coefficient (Wildman–Crippen LogP) is 2.96. The second kappa shape index (κ2) is 5.02. The van der Waals surface area contributed by atoms with Crippen LogP contribution in [-0.2, 0) is 6.42 Å². The standard InChI is InChI=1S/C12H10N4OS2/c1-2-7-11(18-6-14-7)16-9(17)12-15-8-4-3-5-13-10(8)19-12/h3-6H,2H2,1H3,(H,16,17). The van der Waals surface area contributed by atoms with E-state index in [1.165, 1.54) is 22.7 Å². The highest BCUT2D eigenvalue weighted by Crippen LogP contribution is 2.24. The Bertz CT molecular complexity index is 701. The first-order chi connectivity index (χ1) is 9.28. The molecule has 3 heterocycles. The van der Waals surface area contributed by atoms with E-state index >= 15 is 0 Å². The first-order valence-electron chi connectivity index (χ1n) is 5.73. The topological polar surface area (TPSA) is 67.8 Å². The maximum absolute atomic E-state index is 12.1. The number of pyridine rings is 1. The first kappa shape index (κ1) is 12.2. The molecular weight excluding hydrogens is 280 g/mol. The monoisotopic (exact) mass is 290 g/mol. The third-order valence-corrected chi connectivity index (χ3v) is 4.33. The van der Waals surface area contributed by atoms with Gasteiger partial charge in [-0.05, 0) is 18.6 Å². The van der Waals surface area contributed by atoms with Gasteiger partial charge in [-0.25, -0.2) is 15.0 Å². The van der Waals surface area contributed by atoms with Crippen molar-refractivity contribution in [2.24, 2.45) is 0 Å². The van der Waals surface area contributed by atoms with Crippen molar-refractivity contribution in [1.82, 2.24) is 15.0 Å². The number of rotatable bonds is 3. The van der Waals surface area contributed by atoms with Gasteiger partial charge in [0.15, 0.2) is 5.01 Å². The van der Waals surface area contributed by atoms with E-state index in [0.29, 0.717) is 5.01 Å². The van der Waals surface area contributed by atoms with Crippen LogP contribution < -0.4 is 5.32 Å². The molecule has 0 aliphatic heterocycles. The minimum absolute atomic E-state index is 0.207. The lowest BCUT2D eigenvalue weighted by molar-refractivity contribution is 0.102. The van der Waals surface area contributed by atoms with Gasteiger partial charge in [-0.1, -0.05) is 18.3 Å². The fourth-order valence-corrected chi connectivity index (χ4v) is 3.22. The van der Waals surface area contributed by atoms with Gasteiger partial charge < -0.3 is 5.32 Å². The van der Waals surface area contributed by atoms with Crippen LogP contribution >= 0.6 is 22.7 Å². The smallest absolute Gasteiger partial charge is 0.285 e. The molecule has 0 atom stereocenters. The Morgan fingerprint density at radius 3 is 3.11 bits per heavy atom. The number of carbonyl (C=O) groups is 1. The number of nitrogens with one attached hydrogen (secondary N) is 1. The summed E-state index contributed by atoms with van der Waals surface area (Å²) in [5, 5.41) is 4.07. The van der Waals surface area contributed by atoms with Crippen LogP contribution in [0.15, 0.2) is 23.8 Å². The van der Waals surface area contributed by atoms with E-state index in [-0.39, 0.29) is 5.91 Å². The lowest BCUT2D eigenvalue weighted by Gasteiger charge is -2.00. The van der Waals surface area contributed by atoms with Gasteiger partial charge in [0.25, 0.3) is 5.91 Å². The van der Waals surface area contributed by atoms with Crippen molar-refractivity contribution < 1.29 is 4.79 Å². The van der Waals surface area contributed by atoms with Crippen molar-refractivity contribution in [3.05, 3.63) is 34.5 Å².